The van der Waals surface area contributed by atoms with Gasteiger partial charge in [-0.1, -0.05) is 32.9 Å². The first kappa shape index (κ1) is 18.1. The highest BCUT2D eigenvalue weighted by Crippen LogP contribution is 2.17. The number of hydrogen-bond donors (Lipinski definition) is 1. The number of hydrogen-bond acceptors (Lipinski definition) is 3. The summed E-state index contributed by atoms with van der Waals surface area (Å²) in [4.78, 5) is 0.392. The van der Waals surface area contributed by atoms with E-state index >= 15 is 0 Å². The van der Waals surface area contributed by atoms with E-state index < -0.39 is 10.0 Å². The molecule has 0 aliphatic rings. The number of rotatable bonds is 10. The summed E-state index contributed by atoms with van der Waals surface area (Å²) >= 11 is 0. The number of sulfonamides is 1. The fraction of sp³-hybridized carbons (Fsp3) is 0.625. The third-order valence-electron chi connectivity index (χ3n) is 3.26. The predicted molar refractivity (Wildman–Crippen MR) is 87.8 cm³/mol. The molecule has 1 rings (SSSR count). The quantitative estimate of drug-likeness (QED) is 0.676. The fourth-order valence-electron chi connectivity index (χ4n) is 2.19. The lowest BCUT2D eigenvalue weighted by atomic mass is 10.2. The molecular formula is C16H28N2O2S. The zero-order valence-corrected chi connectivity index (χ0v) is 14.2. The van der Waals surface area contributed by atoms with E-state index in [0.717, 1.165) is 37.9 Å². The summed E-state index contributed by atoms with van der Waals surface area (Å²) in [6.07, 6.45) is 2.76. The van der Waals surface area contributed by atoms with Gasteiger partial charge in [0, 0.05) is 19.6 Å². The molecule has 0 aliphatic carbocycles. The minimum atomic E-state index is -3.35. The molecule has 1 aromatic rings. The van der Waals surface area contributed by atoms with Crippen molar-refractivity contribution in [2.75, 3.05) is 19.6 Å². The van der Waals surface area contributed by atoms with E-state index in [0.29, 0.717) is 18.0 Å². The molecule has 0 fully saturated rings. The molecule has 0 amide bonds. The van der Waals surface area contributed by atoms with Gasteiger partial charge in [-0.05, 0) is 43.5 Å². The minimum absolute atomic E-state index is 0.392. The van der Waals surface area contributed by atoms with Crippen LogP contribution >= 0.6 is 0 Å². The largest absolute Gasteiger partial charge is 0.313 e. The summed E-state index contributed by atoms with van der Waals surface area (Å²) in [6, 6.07) is 7.23. The van der Waals surface area contributed by atoms with Crippen molar-refractivity contribution >= 4 is 10.0 Å². The summed E-state index contributed by atoms with van der Waals surface area (Å²) in [7, 11) is -3.35. The van der Waals surface area contributed by atoms with Crippen LogP contribution < -0.4 is 5.32 Å². The van der Waals surface area contributed by atoms with E-state index in [2.05, 4.69) is 12.2 Å². The van der Waals surface area contributed by atoms with E-state index in [1.54, 1.807) is 16.4 Å². The van der Waals surface area contributed by atoms with Gasteiger partial charge >= 0.3 is 0 Å². The van der Waals surface area contributed by atoms with Crippen molar-refractivity contribution in [1.82, 2.24) is 9.62 Å². The fourth-order valence-corrected chi connectivity index (χ4v) is 3.81. The molecule has 0 radical (unpaired) electrons. The summed E-state index contributed by atoms with van der Waals surface area (Å²) in [6.45, 7) is 9.04. The van der Waals surface area contributed by atoms with Crippen LogP contribution in [-0.2, 0) is 16.6 Å². The third kappa shape index (κ3) is 5.41. The molecule has 0 spiro atoms. The molecule has 0 heterocycles. The Labute approximate surface area is 129 Å². The smallest absolute Gasteiger partial charge is 0.243 e. The maximum Gasteiger partial charge on any atom is 0.243 e. The second-order valence-corrected chi connectivity index (χ2v) is 7.16. The molecule has 1 aromatic carbocycles. The second kappa shape index (κ2) is 9.18. The normalized spacial score (nSPS) is 12.0. The molecule has 0 aliphatic heterocycles. The van der Waals surface area contributed by atoms with Crippen molar-refractivity contribution in [2.45, 2.75) is 51.5 Å². The summed E-state index contributed by atoms with van der Waals surface area (Å²) in [5, 5.41) is 3.31. The number of nitrogens with one attached hydrogen (secondary N) is 1. The van der Waals surface area contributed by atoms with Crippen molar-refractivity contribution in [3.8, 4) is 0 Å². The summed E-state index contributed by atoms with van der Waals surface area (Å²) < 4.78 is 26.8. The van der Waals surface area contributed by atoms with E-state index in [4.69, 9.17) is 0 Å². The van der Waals surface area contributed by atoms with E-state index in [-0.39, 0.29) is 0 Å². The topological polar surface area (TPSA) is 49.4 Å². The van der Waals surface area contributed by atoms with Crippen molar-refractivity contribution < 1.29 is 8.42 Å². The lowest BCUT2D eigenvalue weighted by Crippen LogP contribution is -2.32. The van der Waals surface area contributed by atoms with Crippen LogP contribution in [0.4, 0.5) is 0 Å². The molecule has 0 saturated heterocycles. The molecule has 0 atom stereocenters. The molecule has 120 valence electrons. The Balaban J connectivity index is 2.82. The van der Waals surface area contributed by atoms with Gasteiger partial charge in [0.25, 0.3) is 0 Å². The lowest BCUT2D eigenvalue weighted by Gasteiger charge is -2.21. The Morgan fingerprint density at radius 1 is 0.952 bits per heavy atom. The maximum absolute atomic E-state index is 12.6. The lowest BCUT2D eigenvalue weighted by molar-refractivity contribution is 0.410. The van der Waals surface area contributed by atoms with Gasteiger partial charge in [0.1, 0.15) is 0 Å². The first-order chi connectivity index (χ1) is 10.1. The number of nitrogens with zero attached hydrogens (tertiary/aromatic N) is 1. The highest BCUT2D eigenvalue weighted by atomic mass is 32.2. The Morgan fingerprint density at radius 2 is 1.52 bits per heavy atom. The monoisotopic (exact) mass is 312 g/mol. The van der Waals surface area contributed by atoms with Crippen molar-refractivity contribution in [2.24, 2.45) is 0 Å². The summed E-state index contributed by atoms with van der Waals surface area (Å²) in [5.41, 5.74) is 1.11. The van der Waals surface area contributed by atoms with Gasteiger partial charge in [-0.2, -0.15) is 4.31 Å². The first-order valence-electron chi connectivity index (χ1n) is 7.86. The van der Waals surface area contributed by atoms with Crippen molar-refractivity contribution in [1.29, 1.82) is 0 Å². The Morgan fingerprint density at radius 3 is 2.00 bits per heavy atom. The molecule has 0 unspecified atom stereocenters. The first-order valence-corrected chi connectivity index (χ1v) is 9.30. The summed E-state index contributed by atoms with van der Waals surface area (Å²) in [5.74, 6) is 0. The Kier molecular flexibility index (Phi) is 7.93. The highest BCUT2D eigenvalue weighted by molar-refractivity contribution is 7.89. The Hall–Kier alpha value is -0.910. The molecule has 0 aromatic heterocycles. The van der Waals surface area contributed by atoms with E-state index in [9.17, 15) is 8.42 Å². The molecule has 4 nitrogen and oxygen atoms in total. The van der Waals surface area contributed by atoms with Crippen molar-refractivity contribution in [3.63, 3.8) is 0 Å². The standard InChI is InChI=1S/C16H28N2O2S/c1-4-11-17-14-15-7-9-16(10-8-15)21(19,20)18(12-5-2)13-6-3/h7-10,17H,4-6,11-14H2,1-3H3. The molecule has 5 heteroatoms. The van der Waals surface area contributed by atoms with Crippen LogP contribution in [0.15, 0.2) is 29.2 Å². The van der Waals surface area contributed by atoms with Gasteiger partial charge in [0.15, 0.2) is 0 Å². The van der Waals surface area contributed by atoms with Crippen LogP contribution in [0, 0.1) is 0 Å². The van der Waals surface area contributed by atoms with Gasteiger partial charge in [0.2, 0.25) is 10.0 Å². The molecular weight excluding hydrogens is 284 g/mol. The van der Waals surface area contributed by atoms with E-state index in [1.807, 2.05) is 26.0 Å². The third-order valence-corrected chi connectivity index (χ3v) is 5.18. The zero-order chi connectivity index (χ0) is 15.7. The Bertz CT molecular complexity index is 492. The van der Waals surface area contributed by atoms with Gasteiger partial charge in [-0.15, -0.1) is 0 Å². The molecule has 0 bridgehead atoms. The van der Waals surface area contributed by atoms with Crippen LogP contribution in [-0.4, -0.2) is 32.4 Å². The second-order valence-electron chi connectivity index (χ2n) is 5.22. The minimum Gasteiger partial charge on any atom is -0.313 e. The van der Waals surface area contributed by atoms with Gasteiger partial charge < -0.3 is 5.32 Å². The highest BCUT2D eigenvalue weighted by Gasteiger charge is 2.22. The van der Waals surface area contributed by atoms with Crippen LogP contribution in [0.3, 0.4) is 0 Å². The van der Waals surface area contributed by atoms with Crippen LogP contribution in [0.25, 0.3) is 0 Å². The maximum atomic E-state index is 12.6. The zero-order valence-electron chi connectivity index (χ0n) is 13.4. The van der Waals surface area contributed by atoms with Crippen LogP contribution in [0.2, 0.25) is 0 Å². The average molecular weight is 312 g/mol. The van der Waals surface area contributed by atoms with E-state index in [1.165, 1.54) is 0 Å². The average Bonchev–Trinajstić information content (AvgIpc) is 2.48. The predicted octanol–water partition coefficient (Wildman–Crippen LogP) is 3.00. The number of benzene rings is 1. The van der Waals surface area contributed by atoms with Crippen LogP contribution in [0.5, 0.6) is 0 Å². The van der Waals surface area contributed by atoms with Crippen LogP contribution in [0.1, 0.15) is 45.6 Å². The van der Waals surface area contributed by atoms with Gasteiger partial charge in [0.05, 0.1) is 4.90 Å². The van der Waals surface area contributed by atoms with Crippen molar-refractivity contribution in [3.05, 3.63) is 29.8 Å². The van der Waals surface area contributed by atoms with Gasteiger partial charge in [-0.3, -0.25) is 0 Å². The molecule has 21 heavy (non-hydrogen) atoms. The molecule has 1 N–H and O–H groups in total. The SMILES string of the molecule is CCCNCc1ccc(S(=O)(=O)N(CCC)CCC)cc1. The van der Waals surface area contributed by atoms with Gasteiger partial charge in [-0.25, -0.2) is 8.42 Å². The molecule has 0 saturated carbocycles.